The van der Waals surface area contributed by atoms with Gasteiger partial charge in [-0.05, 0) is 25.0 Å². The van der Waals surface area contributed by atoms with Gasteiger partial charge in [-0.15, -0.1) is 0 Å². The third-order valence-corrected chi connectivity index (χ3v) is 2.98. The first-order valence-corrected chi connectivity index (χ1v) is 6.28. The smallest absolute Gasteiger partial charge is 0.251 e. The Morgan fingerprint density at radius 1 is 1.21 bits per heavy atom. The molecule has 0 bridgehead atoms. The maximum atomic E-state index is 11.7. The second-order valence-corrected chi connectivity index (χ2v) is 4.56. The highest BCUT2D eigenvalue weighted by molar-refractivity contribution is 5.96. The van der Waals surface area contributed by atoms with Gasteiger partial charge < -0.3 is 15.7 Å². The maximum Gasteiger partial charge on any atom is 0.251 e. The van der Waals surface area contributed by atoms with Gasteiger partial charge in [0.25, 0.3) is 5.91 Å². The number of hydrogen-bond donors (Lipinski definition) is 3. The van der Waals surface area contributed by atoms with E-state index in [1.54, 1.807) is 24.3 Å². The molecular weight excluding hydrogens is 244 g/mol. The second kappa shape index (κ2) is 7.53. The number of aliphatic hydroxyl groups excluding tert-OH is 1. The largest absolute Gasteiger partial charge is 0.396 e. The third-order valence-electron chi connectivity index (χ3n) is 2.98. The molecule has 1 aromatic carbocycles. The number of rotatable bonds is 6. The van der Waals surface area contributed by atoms with E-state index in [0.717, 1.165) is 0 Å². The van der Waals surface area contributed by atoms with E-state index in [0.29, 0.717) is 5.56 Å². The summed E-state index contributed by atoms with van der Waals surface area (Å²) in [6.45, 7) is 3.60. The van der Waals surface area contributed by atoms with Crippen LogP contribution in [0.4, 0.5) is 0 Å². The van der Waals surface area contributed by atoms with Crippen molar-refractivity contribution in [3.63, 3.8) is 0 Å². The predicted molar refractivity (Wildman–Crippen MR) is 72.6 cm³/mol. The zero-order chi connectivity index (χ0) is 14.3. The molecule has 0 spiro atoms. The van der Waals surface area contributed by atoms with Gasteiger partial charge in [-0.1, -0.05) is 25.1 Å². The number of amides is 2. The molecule has 2 amide bonds. The van der Waals surface area contributed by atoms with Gasteiger partial charge in [-0.2, -0.15) is 0 Å². The standard InChI is InChI=1S/C14H20N2O3/c1-10(9-17)11(2)16-13(18)8-15-14(19)12-6-4-3-5-7-12/h3-7,10-11,17H,8-9H2,1-2H3,(H,15,19)(H,16,18). The van der Waals surface area contributed by atoms with Crippen molar-refractivity contribution in [1.82, 2.24) is 10.6 Å². The van der Waals surface area contributed by atoms with Crippen LogP contribution in [0.2, 0.25) is 0 Å². The zero-order valence-electron chi connectivity index (χ0n) is 11.2. The van der Waals surface area contributed by atoms with Crippen LogP contribution in [0, 0.1) is 5.92 Å². The van der Waals surface area contributed by atoms with E-state index >= 15 is 0 Å². The van der Waals surface area contributed by atoms with E-state index in [1.165, 1.54) is 0 Å². The summed E-state index contributed by atoms with van der Waals surface area (Å²) in [5.41, 5.74) is 0.520. The summed E-state index contributed by atoms with van der Waals surface area (Å²) in [5, 5.41) is 14.2. The SMILES string of the molecule is CC(CO)C(C)NC(=O)CNC(=O)c1ccccc1. The molecule has 0 aromatic heterocycles. The predicted octanol–water partition coefficient (Wildman–Crippen LogP) is 0.549. The van der Waals surface area contributed by atoms with Gasteiger partial charge in [0, 0.05) is 18.2 Å². The van der Waals surface area contributed by atoms with Crippen molar-refractivity contribution in [1.29, 1.82) is 0 Å². The Kier molecular flexibility index (Phi) is 6.02. The van der Waals surface area contributed by atoms with Gasteiger partial charge >= 0.3 is 0 Å². The molecule has 1 rings (SSSR count). The lowest BCUT2D eigenvalue weighted by atomic mass is 10.1. The van der Waals surface area contributed by atoms with Crippen LogP contribution in [0.25, 0.3) is 0 Å². The third kappa shape index (κ3) is 5.09. The molecular formula is C14H20N2O3. The van der Waals surface area contributed by atoms with Gasteiger partial charge in [0.15, 0.2) is 0 Å². The Morgan fingerprint density at radius 2 is 1.84 bits per heavy atom. The molecule has 0 saturated heterocycles. The highest BCUT2D eigenvalue weighted by Crippen LogP contribution is 2.00. The van der Waals surface area contributed by atoms with Gasteiger partial charge in [-0.25, -0.2) is 0 Å². The lowest BCUT2D eigenvalue weighted by molar-refractivity contribution is -0.121. The molecule has 5 nitrogen and oxygen atoms in total. The molecule has 5 heteroatoms. The van der Waals surface area contributed by atoms with Crippen molar-refractivity contribution in [2.24, 2.45) is 5.92 Å². The molecule has 3 N–H and O–H groups in total. The van der Waals surface area contributed by atoms with Gasteiger partial charge in [0.05, 0.1) is 6.54 Å². The van der Waals surface area contributed by atoms with Crippen molar-refractivity contribution in [2.45, 2.75) is 19.9 Å². The van der Waals surface area contributed by atoms with E-state index < -0.39 is 0 Å². The number of aliphatic hydroxyl groups is 1. The number of nitrogens with one attached hydrogen (secondary N) is 2. The lowest BCUT2D eigenvalue weighted by Crippen LogP contribution is -2.43. The molecule has 0 aliphatic heterocycles. The first-order chi connectivity index (χ1) is 9.04. The maximum absolute atomic E-state index is 11.7. The summed E-state index contributed by atoms with van der Waals surface area (Å²) >= 11 is 0. The fraction of sp³-hybridized carbons (Fsp3) is 0.429. The molecule has 0 saturated carbocycles. The summed E-state index contributed by atoms with van der Waals surface area (Å²) in [6.07, 6.45) is 0. The van der Waals surface area contributed by atoms with Crippen LogP contribution in [0.5, 0.6) is 0 Å². The first-order valence-electron chi connectivity index (χ1n) is 6.28. The van der Waals surface area contributed by atoms with Gasteiger partial charge in [0.1, 0.15) is 0 Å². The molecule has 0 aliphatic carbocycles. The van der Waals surface area contributed by atoms with Gasteiger partial charge in [0.2, 0.25) is 5.91 Å². The molecule has 0 radical (unpaired) electrons. The van der Waals surface area contributed by atoms with Crippen molar-refractivity contribution in [2.75, 3.05) is 13.2 Å². The normalized spacial score (nSPS) is 13.4. The van der Waals surface area contributed by atoms with E-state index in [1.807, 2.05) is 19.9 Å². The van der Waals surface area contributed by atoms with E-state index in [-0.39, 0.29) is 36.9 Å². The molecule has 2 atom stereocenters. The lowest BCUT2D eigenvalue weighted by Gasteiger charge is -2.19. The second-order valence-electron chi connectivity index (χ2n) is 4.56. The minimum atomic E-state index is -0.279. The zero-order valence-corrected chi connectivity index (χ0v) is 11.2. The van der Waals surface area contributed by atoms with Crippen molar-refractivity contribution in [3.8, 4) is 0 Å². The minimum absolute atomic E-state index is 0.0117. The Balaban J connectivity index is 2.37. The number of benzene rings is 1. The Morgan fingerprint density at radius 3 is 2.42 bits per heavy atom. The van der Waals surface area contributed by atoms with Crippen LogP contribution in [0.15, 0.2) is 30.3 Å². The van der Waals surface area contributed by atoms with Crippen LogP contribution in [-0.2, 0) is 4.79 Å². The summed E-state index contributed by atoms with van der Waals surface area (Å²) in [5.74, 6) is -0.565. The van der Waals surface area contributed by atoms with Crippen LogP contribution in [0.1, 0.15) is 24.2 Å². The molecule has 2 unspecified atom stereocenters. The Hall–Kier alpha value is -1.88. The summed E-state index contributed by atoms with van der Waals surface area (Å²) in [4.78, 5) is 23.3. The quantitative estimate of drug-likeness (QED) is 0.702. The van der Waals surface area contributed by atoms with Crippen LogP contribution in [-0.4, -0.2) is 36.1 Å². The van der Waals surface area contributed by atoms with E-state index in [4.69, 9.17) is 5.11 Å². The average Bonchev–Trinajstić information content (AvgIpc) is 2.44. The highest BCUT2D eigenvalue weighted by atomic mass is 16.3. The Bertz CT molecular complexity index is 420. The Labute approximate surface area is 113 Å². The van der Waals surface area contributed by atoms with E-state index in [2.05, 4.69) is 10.6 Å². The summed E-state index contributed by atoms with van der Waals surface area (Å²) < 4.78 is 0. The van der Waals surface area contributed by atoms with Gasteiger partial charge in [-0.3, -0.25) is 9.59 Å². The molecule has 104 valence electrons. The van der Waals surface area contributed by atoms with Crippen LogP contribution < -0.4 is 10.6 Å². The number of hydrogen-bond acceptors (Lipinski definition) is 3. The van der Waals surface area contributed by atoms with Crippen molar-refractivity contribution in [3.05, 3.63) is 35.9 Å². The van der Waals surface area contributed by atoms with Crippen molar-refractivity contribution >= 4 is 11.8 Å². The number of carbonyl (C=O) groups is 2. The molecule has 19 heavy (non-hydrogen) atoms. The fourth-order valence-electron chi connectivity index (χ4n) is 1.46. The summed E-state index contributed by atoms with van der Waals surface area (Å²) in [7, 11) is 0. The summed E-state index contributed by atoms with van der Waals surface area (Å²) in [6, 6.07) is 8.58. The molecule has 0 fully saturated rings. The monoisotopic (exact) mass is 264 g/mol. The molecule has 0 aliphatic rings. The first kappa shape index (κ1) is 15.2. The van der Waals surface area contributed by atoms with Crippen molar-refractivity contribution < 1.29 is 14.7 Å². The molecule has 0 heterocycles. The van der Waals surface area contributed by atoms with E-state index in [9.17, 15) is 9.59 Å². The highest BCUT2D eigenvalue weighted by Gasteiger charge is 2.14. The topological polar surface area (TPSA) is 78.4 Å². The molecule has 1 aromatic rings. The minimum Gasteiger partial charge on any atom is -0.396 e. The van der Waals surface area contributed by atoms with Crippen LogP contribution in [0.3, 0.4) is 0 Å². The fourth-order valence-corrected chi connectivity index (χ4v) is 1.46. The number of carbonyl (C=O) groups excluding carboxylic acids is 2. The van der Waals surface area contributed by atoms with Crippen LogP contribution >= 0.6 is 0 Å². The average molecular weight is 264 g/mol.